The molecule has 0 aliphatic heterocycles. The highest BCUT2D eigenvalue weighted by Gasteiger charge is 2.50. The summed E-state index contributed by atoms with van der Waals surface area (Å²) in [4.78, 5) is 60.9. The van der Waals surface area contributed by atoms with Crippen LogP contribution < -0.4 is 21.4 Å². The molecule has 0 radical (unpaired) electrons. The first-order chi connectivity index (χ1) is 30.2. The fourth-order valence-electron chi connectivity index (χ4n) is 8.30. The molecule has 0 saturated carbocycles. The number of amidine groups is 1. The topological polar surface area (TPSA) is 177 Å². The Bertz CT molecular complexity index is 2400. The first-order valence-corrected chi connectivity index (χ1v) is 23.7. The number of nitrogens with two attached hydrogens (primary N) is 1. The molecular formula is C50H65N5O8Si. The summed E-state index contributed by atoms with van der Waals surface area (Å²) >= 11 is 0. The highest BCUT2D eigenvalue weighted by molar-refractivity contribution is 6.98. The van der Waals surface area contributed by atoms with E-state index in [0.717, 1.165) is 63.7 Å². The highest BCUT2D eigenvalue weighted by Crippen LogP contribution is 2.46. The minimum Gasteiger partial charge on any atom is -0.467 e. The Morgan fingerprint density at radius 2 is 1.52 bits per heavy atom. The number of aromatic nitrogens is 2. The van der Waals surface area contributed by atoms with Crippen LogP contribution in [0.1, 0.15) is 105 Å². The summed E-state index contributed by atoms with van der Waals surface area (Å²) in [5.74, 6) is -1.85. The number of esters is 1. The third-order valence-electron chi connectivity index (χ3n) is 11.9. The molecule has 2 aromatic heterocycles. The second-order valence-electron chi connectivity index (χ2n) is 18.7. The molecule has 0 spiro atoms. The van der Waals surface area contributed by atoms with E-state index in [1.165, 1.54) is 0 Å². The van der Waals surface area contributed by atoms with E-state index in [9.17, 15) is 19.2 Å². The SMILES string of the molecule is CCn1c(-c2cccnc2[C@H](C)OC)c(CC(C)(C)CCC(C)(C)[Si](O)(c2ccccc2)c2ccccc2)c2cc(/C(N)=N/OC(=O)C[C@H](NC(=O)OC(C)(C)C)C(=O)OC)ccc21. The molecule has 0 aliphatic carbocycles. The predicted octanol–water partition coefficient (Wildman–Crippen LogP) is 7.93. The van der Waals surface area contributed by atoms with Crippen molar-refractivity contribution >= 4 is 53.5 Å². The van der Waals surface area contributed by atoms with Crippen molar-refractivity contribution in [1.29, 1.82) is 0 Å². The molecular weight excluding hydrogens is 827 g/mol. The number of oxime groups is 1. The molecule has 13 nitrogen and oxygen atoms in total. The minimum atomic E-state index is -3.26. The van der Waals surface area contributed by atoms with Crippen LogP contribution in [-0.4, -0.2) is 72.4 Å². The Kier molecular flexibility index (Phi) is 15.6. The molecule has 0 saturated heterocycles. The van der Waals surface area contributed by atoms with Crippen molar-refractivity contribution in [2.45, 2.75) is 117 Å². The molecule has 0 fully saturated rings. The summed E-state index contributed by atoms with van der Waals surface area (Å²) in [6, 6.07) is 28.6. The summed E-state index contributed by atoms with van der Waals surface area (Å²) in [6.07, 6.45) is 2.23. The lowest BCUT2D eigenvalue weighted by molar-refractivity contribution is -0.151. The van der Waals surface area contributed by atoms with Gasteiger partial charge in [-0.15, -0.1) is 0 Å². The predicted molar refractivity (Wildman–Crippen MR) is 254 cm³/mol. The van der Waals surface area contributed by atoms with Gasteiger partial charge in [0.25, 0.3) is 8.32 Å². The number of carbonyl (C=O) groups is 3. The van der Waals surface area contributed by atoms with Gasteiger partial charge in [-0.1, -0.05) is 93.5 Å². The number of rotatable bonds is 18. The number of carbonyl (C=O) groups excluding carboxylic acids is 3. The van der Waals surface area contributed by atoms with Crippen LogP contribution in [0.3, 0.4) is 0 Å². The van der Waals surface area contributed by atoms with Crippen molar-refractivity contribution < 1.29 is 38.2 Å². The largest absolute Gasteiger partial charge is 0.467 e. The quantitative estimate of drug-likeness (QED) is 0.0196. The van der Waals surface area contributed by atoms with Crippen molar-refractivity contribution in [3.05, 3.63) is 114 Å². The fraction of sp³-hybridized carbons (Fsp3) is 0.420. The molecule has 14 heteroatoms. The molecule has 5 aromatic rings. The van der Waals surface area contributed by atoms with E-state index in [2.05, 4.69) is 80.0 Å². The molecule has 64 heavy (non-hydrogen) atoms. The van der Waals surface area contributed by atoms with Gasteiger partial charge in [-0.2, -0.15) is 0 Å². The smallest absolute Gasteiger partial charge is 0.408 e. The summed E-state index contributed by atoms with van der Waals surface area (Å²) in [6.45, 7) is 18.7. The molecule has 0 bridgehead atoms. The van der Waals surface area contributed by atoms with E-state index in [1.54, 1.807) is 34.1 Å². The normalized spacial score (nSPS) is 13.6. The summed E-state index contributed by atoms with van der Waals surface area (Å²) < 4.78 is 18.1. The van der Waals surface area contributed by atoms with E-state index in [1.807, 2.05) is 67.6 Å². The molecule has 2 heterocycles. The third-order valence-corrected chi connectivity index (χ3v) is 16.4. The maximum atomic E-state index is 13.0. The Balaban J connectivity index is 1.53. The van der Waals surface area contributed by atoms with E-state index >= 15 is 0 Å². The number of aryl methyl sites for hydroxylation is 1. The lowest BCUT2D eigenvalue weighted by Crippen LogP contribution is -2.65. The third kappa shape index (κ3) is 11.3. The van der Waals surface area contributed by atoms with Crippen LogP contribution in [0.15, 0.2) is 102 Å². The number of ether oxygens (including phenoxy) is 3. The van der Waals surface area contributed by atoms with Gasteiger partial charge in [-0.25, -0.2) is 14.4 Å². The summed E-state index contributed by atoms with van der Waals surface area (Å²) in [5, 5.41) is 8.77. The maximum absolute atomic E-state index is 13.0. The van der Waals surface area contributed by atoms with Crippen LogP contribution in [0.2, 0.25) is 5.04 Å². The molecule has 3 aromatic carbocycles. The summed E-state index contributed by atoms with van der Waals surface area (Å²) in [5.41, 5.74) is 10.8. The van der Waals surface area contributed by atoms with Gasteiger partial charge < -0.3 is 39.5 Å². The molecule has 4 N–H and O–H groups in total. The van der Waals surface area contributed by atoms with Gasteiger partial charge in [0.05, 0.1) is 31.0 Å². The zero-order valence-electron chi connectivity index (χ0n) is 39.2. The van der Waals surface area contributed by atoms with E-state index in [0.29, 0.717) is 18.5 Å². The van der Waals surface area contributed by atoms with Gasteiger partial charge in [0.15, 0.2) is 5.84 Å². The number of pyridine rings is 1. The number of amides is 1. The van der Waals surface area contributed by atoms with Gasteiger partial charge in [0, 0.05) is 41.9 Å². The second-order valence-corrected chi connectivity index (χ2v) is 22.6. The molecule has 0 unspecified atom stereocenters. The van der Waals surface area contributed by atoms with E-state index in [4.69, 9.17) is 29.8 Å². The number of hydrogen-bond donors (Lipinski definition) is 3. The first-order valence-electron chi connectivity index (χ1n) is 21.7. The molecule has 1 amide bonds. The van der Waals surface area contributed by atoms with Crippen molar-refractivity contribution in [3.63, 3.8) is 0 Å². The molecule has 342 valence electrons. The monoisotopic (exact) mass is 891 g/mol. The number of hydrogen-bond acceptors (Lipinski definition) is 10. The van der Waals surface area contributed by atoms with Crippen molar-refractivity contribution in [2.75, 3.05) is 14.2 Å². The molecule has 5 rings (SSSR count). The van der Waals surface area contributed by atoms with Crippen LogP contribution in [0.4, 0.5) is 4.79 Å². The van der Waals surface area contributed by atoms with Gasteiger partial charge >= 0.3 is 18.0 Å². The Labute approximate surface area is 378 Å². The van der Waals surface area contributed by atoms with Crippen molar-refractivity contribution in [3.8, 4) is 11.3 Å². The second kappa shape index (κ2) is 20.3. The Morgan fingerprint density at radius 3 is 2.08 bits per heavy atom. The summed E-state index contributed by atoms with van der Waals surface area (Å²) in [7, 11) is -0.443. The van der Waals surface area contributed by atoms with Crippen LogP contribution in [0.5, 0.6) is 0 Å². The highest BCUT2D eigenvalue weighted by atomic mass is 28.4. The first kappa shape index (κ1) is 49.2. The molecule has 0 aliphatic rings. The molecule has 2 atom stereocenters. The van der Waals surface area contributed by atoms with Gasteiger partial charge in [0.1, 0.15) is 11.6 Å². The van der Waals surface area contributed by atoms with Crippen LogP contribution in [0, 0.1) is 5.41 Å². The van der Waals surface area contributed by atoms with Gasteiger partial charge in [-0.05, 0) is 111 Å². The number of nitrogens with one attached hydrogen (secondary N) is 1. The van der Waals surface area contributed by atoms with Crippen LogP contribution >= 0.6 is 0 Å². The zero-order valence-corrected chi connectivity index (χ0v) is 40.2. The van der Waals surface area contributed by atoms with E-state index < -0.39 is 49.5 Å². The average Bonchev–Trinajstić information content (AvgIpc) is 3.57. The standard InChI is InChI=1S/C50H65N5O8Si/c1-12-55-41-26-25-34(45(51)54-63-42(56)31-40(46(57)61-11)53-47(58)62-48(3,4)5)30-38(41)39(44(55)37-24-19-29-52-43(37)33(2)60-10)32-49(6,7)27-28-50(8,9)64(59,35-20-15-13-16-21-35)36-22-17-14-18-23-36/h13-26,29-30,33,40,59H,12,27-28,31-32H2,1-11H3,(H2,51,54)(H,53,58)/t33-,40-/m0/s1. The average molecular weight is 892 g/mol. The lowest BCUT2D eigenvalue weighted by atomic mass is 9.78. The number of benzene rings is 3. The van der Waals surface area contributed by atoms with Crippen molar-refractivity contribution in [1.82, 2.24) is 14.9 Å². The lowest BCUT2D eigenvalue weighted by Gasteiger charge is -2.43. The van der Waals surface area contributed by atoms with Gasteiger partial charge in [0.2, 0.25) is 0 Å². The minimum absolute atomic E-state index is 0.0659. The number of nitrogens with zero attached hydrogens (tertiary/aromatic N) is 3. The Morgan fingerprint density at radius 1 is 0.891 bits per heavy atom. The van der Waals surface area contributed by atoms with Crippen molar-refractivity contribution in [2.24, 2.45) is 16.3 Å². The fourth-order valence-corrected chi connectivity index (χ4v) is 12.0. The van der Waals surface area contributed by atoms with Gasteiger partial charge in [-0.3, -0.25) is 4.98 Å². The van der Waals surface area contributed by atoms with E-state index in [-0.39, 0.29) is 17.4 Å². The van der Waals surface area contributed by atoms with Crippen LogP contribution in [-0.2, 0) is 41.6 Å². The Hall–Kier alpha value is -5.83. The number of methoxy groups -OCH3 is 2. The maximum Gasteiger partial charge on any atom is 0.408 e. The number of alkyl carbamates (subject to hydrolysis) is 1. The van der Waals surface area contributed by atoms with Crippen LogP contribution in [0.25, 0.3) is 22.2 Å². The zero-order chi connectivity index (χ0) is 47.0. The number of fused-ring (bicyclic) bond motifs is 1.